The van der Waals surface area contributed by atoms with Crippen molar-refractivity contribution >= 4 is 27.8 Å². The van der Waals surface area contributed by atoms with Crippen LogP contribution in [-0.4, -0.2) is 7.11 Å². The Morgan fingerprint density at radius 2 is 1.45 bits per heavy atom. The Bertz CT molecular complexity index is 958. The molecule has 0 unspecified atom stereocenters. The van der Waals surface area contributed by atoms with Crippen molar-refractivity contribution in [1.82, 2.24) is 0 Å². The van der Waals surface area contributed by atoms with Crippen molar-refractivity contribution in [2.24, 2.45) is 0 Å². The Balaban J connectivity index is 0.000000941. The summed E-state index contributed by atoms with van der Waals surface area (Å²) in [6.07, 6.45) is 0. The van der Waals surface area contributed by atoms with Gasteiger partial charge < -0.3 is 4.74 Å². The molecule has 0 radical (unpaired) electrons. The third-order valence-corrected chi connectivity index (χ3v) is 5.16. The summed E-state index contributed by atoms with van der Waals surface area (Å²) in [5, 5.41) is 2.57. The minimum absolute atomic E-state index is 0.0187. The topological polar surface area (TPSA) is 9.23 Å². The summed E-state index contributed by atoms with van der Waals surface area (Å²) in [6.45, 7) is 15.7. The molecular weight excluding hydrogens is 478 g/mol. The van der Waals surface area contributed by atoms with E-state index in [4.69, 9.17) is 21.8 Å². The Morgan fingerprint density at radius 1 is 0.897 bits per heavy atom. The zero-order valence-electron chi connectivity index (χ0n) is 18.7. The number of aryl methyl sites for hydroxylation is 1. The minimum atomic E-state index is -0.826. The van der Waals surface area contributed by atoms with Crippen molar-refractivity contribution in [2.75, 3.05) is 7.11 Å². The van der Waals surface area contributed by atoms with Crippen LogP contribution in [0.2, 0.25) is 0 Å². The molecule has 0 aromatic heterocycles. The van der Waals surface area contributed by atoms with Gasteiger partial charge in [-0.15, -0.1) is 28.5 Å². The van der Waals surface area contributed by atoms with E-state index >= 15 is 0 Å². The zero-order chi connectivity index (χ0) is 22.0. The number of ether oxygens (including phenoxy) is 1. The van der Waals surface area contributed by atoms with Gasteiger partial charge in [0.2, 0.25) is 0 Å². The van der Waals surface area contributed by atoms with Crippen LogP contribution in [0.25, 0.3) is 21.9 Å². The maximum atomic E-state index is 5.97. The summed E-state index contributed by atoms with van der Waals surface area (Å²) in [7, 11) is 11.7. The molecule has 0 aliphatic heterocycles. The third kappa shape index (κ3) is 5.72. The van der Waals surface area contributed by atoms with Crippen molar-refractivity contribution in [2.45, 2.75) is 59.3 Å². The molecule has 0 N–H and O–H groups in total. The van der Waals surface area contributed by atoms with E-state index in [1.165, 1.54) is 38.6 Å². The van der Waals surface area contributed by atoms with Crippen molar-refractivity contribution < 1.29 is 25.6 Å². The van der Waals surface area contributed by atoms with E-state index in [0.717, 1.165) is 5.75 Å². The van der Waals surface area contributed by atoms with E-state index in [1.54, 1.807) is 7.11 Å². The van der Waals surface area contributed by atoms with Crippen LogP contribution in [0.5, 0.6) is 5.75 Å². The molecule has 3 aromatic rings. The van der Waals surface area contributed by atoms with Crippen LogP contribution in [0.15, 0.2) is 42.5 Å². The van der Waals surface area contributed by atoms with E-state index in [0.29, 0.717) is 0 Å². The number of halogens is 2. The summed E-state index contributed by atoms with van der Waals surface area (Å²) in [4.78, 5) is 0. The van der Waals surface area contributed by atoms with E-state index in [9.17, 15) is 0 Å². The van der Waals surface area contributed by atoms with Gasteiger partial charge >= 0.3 is 37.9 Å². The average molecular weight is 510 g/mol. The van der Waals surface area contributed by atoms with Gasteiger partial charge in [-0.2, -0.15) is 6.07 Å². The van der Waals surface area contributed by atoms with Crippen molar-refractivity contribution in [3.8, 4) is 16.9 Å². The third-order valence-electron chi connectivity index (χ3n) is 5.16. The summed E-state index contributed by atoms with van der Waals surface area (Å²) >= 11 is -0.826. The van der Waals surface area contributed by atoms with Gasteiger partial charge in [0.05, 0.1) is 7.11 Å². The Morgan fingerprint density at radius 3 is 1.90 bits per heavy atom. The van der Waals surface area contributed by atoms with Gasteiger partial charge in [-0.1, -0.05) is 72.7 Å². The first-order valence-corrected chi connectivity index (χ1v) is 16.1. The molecule has 0 atom stereocenters. The van der Waals surface area contributed by atoms with Gasteiger partial charge in [-0.05, 0) is 33.1 Å². The Hall–Kier alpha value is -0.687. The number of hydrogen-bond acceptors (Lipinski definition) is 1. The molecule has 4 heteroatoms. The molecule has 0 saturated carbocycles. The predicted octanol–water partition coefficient (Wildman–Crippen LogP) is 8.51. The molecule has 0 fully saturated rings. The first kappa shape index (κ1) is 24.6. The molecule has 29 heavy (non-hydrogen) atoms. The van der Waals surface area contributed by atoms with Crippen LogP contribution in [0, 0.1) is 6.92 Å². The molecule has 3 aromatic carbocycles. The zero-order valence-corrected chi connectivity index (χ0v) is 22.7. The van der Waals surface area contributed by atoms with E-state index in [1.807, 2.05) is 0 Å². The van der Waals surface area contributed by atoms with Crippen molar-refractivity contribution in [1.29, 1.82) is 0 Å². The summed E-state index contributed by atoms with van der Waals surface area (Å²) in [6, 6.07) is 15.8. The normalized spacial score (nSPS) is 11.8. The van der Waals surface area contributed by atoms with E-state index in [-0.39, 0.29) is 10.8 Å². The number of hydrogen-bond donors (Lipinski definition) is 0. The molecule has 0 spiro atoms. The number of rotatable bonds is 2. The van der Waals surface area contributed by atoms with Gasteiger partial charge in [0.15, 0.2) is 0 Å². The molecule has 1 nitrogen and oxygen atoms in total. The van der Waals surface area contributed by atoms with Gasteiger partial charge in [0.25, 0.3) is 0 Å². The van der Waals surface area contributed by atoms with Crippen LogP contribution >= 0.6 is 17.0 Å². The second-order valence-electron chi connectivity index (χ2n) is 9.52. The Labute approximate surface area is 194 Å². The molecule has 0 aliphatic rings. The predicted molar refractivity (Wildman–Crippen MR) is 125 cm³/mol. The fourth-order valence-electron chi connectivity index (χ4n) is 3.68. The standard InChI is InChI=1S/C25H31O.2ClH.Zr/c1-16-13-18-15-21(25(5,6)7)23(26-8)22(20(18)14-16)17-9-11-19(12-10-17)24(2,3)4;;;/h9-15H,1-8H3;2*1H;/q-1;;;+2/p-2. The Kier molecular flexibility index (Phi) is 8.16. The van der Waals surface area contributed by atoms with Crippen molar-refractivity contribution in [3.63, 3.8) is 0 Å². The fourth-order valence-corrected chi connectivity index (χ4v) is 3.68. The molecule has 0 aliphatic carbocycles. The maximum absolute atomic E-state index is 5.97. The molecule has 0 amide bonds. The quantitative estimate of drug-likeness (QED) is 0.315. The first-order chi connectivity index (χ1) is 13.4. The second-order valence-corrected chi connectivity index (χ2v) is 13.2. The van der Waals surface area contributed by atoms with Crippen LogP contribution in [0.1, 0.15) is 58.2 Å². The molecular formula is C25H31Cl2OZr-. The molecule has 0 heterocycles. The van der Waals surface area contributed by atoms with Crippen LogP contribution < -0.4 is 4.74 Å². The van der Waals surface area contributed by atoms with Crippen molar-refractivity contribution in [3.05, 3.63) is 59.2 Å². The van der Waals surface area contributed by atoms with Crippen LogP contribution in [-0.2, 0) is 31.7 Å². The first-order valence-electron chi connectivity index (χ1n) is 9.79. The monoisotopic (exact) mass is 507 g/mol. The van der Waals surface area contributed by atoms with Crippen LogP contribution in [0.4, 0.5) is 0 Å². The van der Waals surface area contributed by atoms with Gasteiger partial charge in [0.1, 0.15) is 5.75 Å². The number of methoxy groups -OCH3 is 1. The number of fused-ring (bicyclic) bond motifs is 1. The number of benzene rings is 2. The van der Waals surface area contributed by atoms with E-state index < -0.39 is 20.8 Å². The summed E-state index contributed by atoms with van der Waals surface area (Å²) < 4.78 is 5.97. The average Bonchev–Trinajstić information content (AvgIpc) is 2.99. The van der Waals surface area contributed by atoms with E-state index in [2.05, 4.69) is 90.9 Å². The van der Waals surface area contributed by atoms with Gasteiger partial charge in [-0.25, -0.2) is 0 Å². The SMILES string of the molecule is COc1c(C(C)(C)C)cc2[cH-]c(C)cc2c1-c1ccc(C(C)(C)C)cc1.[Cl][Zr][Cl]. The van der Waals surface area contributed by atoms with Gasteiger partial charge in [0, 0.05) is 0 Å². The summed E-state index contributed by atoms with van der Waals surface area (Å²) in [5.74, 6) is 0.999. The molecule has 0 saturated heterocycles. The second kappa shape index (κ2) is 9.63. The molecule has 0 bridgehead atoms. The van der Waals surface area contributed by atoms with Gasteiger partial charge in [-0.3, -0.25) is 0 Å². The van der Waals surface area contributed by atoms with Crippen LogP contribution in [0.3, 0.4) is 0 Å². The fraction of sp³-hybridized carbons (Fsp3) is 0.400. The molecule has 156 valence electrons. The molecule has 3 rings (SSSR count). The summed E-state index contributed by atoms with van der Waals surface area (Å²) in [5.41, 5.74) is 6.50.